The molecule has 0 bridgehead atoms. The molecule has 2 aromatic carbocycles. The van der Waals surface area contributed by atoms with Gasteiger partial charge in [-0.1, -0.05) is 37.6 Å². The molecule has 0 saturated carbocycles. The van der Waals surface area contributed by atoms with Crippen LogP contribution in [0.4, 0.5) is 10.1 Å². The molecule has 2 aromatic rings. The van der Waals surface area contributed by atoms with E-state index in [2.05, 4.69) is 10.6 Å². The molecule has 29 heavy (non-hydrogen) atoms. The molecule has 0 radical (unpaired) electrons. The monoisotopic (exact) mass is 420 g/mol. The highest BCUT2D eigenvalue weighted by atomic mass is 35.5. The minimum atomic E-state index is -1.11. The third-order valence-electron chi connectivity index (χ3n) is 4.10. The zero-order valence-electron chi connectivity index (χ0n) is 16.2. The Morgan fingerprint density at radius 2 is 1.62 bits per heavy atom. The number of halogens is 2. The Morgan fingerprint density at radius 3 is 2.21 bits per heavy atom. The maximum atomic E-state index is 13.8. The average Bonchev–Trinajstić information content (AvgIpc) is 2.67. The number of nitrogens with one attached hydrogen (secondary N) is 2. The van der Waals surface area contributed by atoms with Crippen LogP contribution in [0.3, 0.4) is 0 Å². The van der Waals surface area contributed by atoms with Crippen LogP contribution in [0, 0.1) is 11.7 Å². The number of amides is 2. The molecule has 2 amide bonds. The van der Waals surface area contributed by atoms with Crippen molar-refractivity contribution >= 4 is 35.1 Å². The molecule has 0 unspecified atom stereocenters. The van der Waals surface area contributed by atoms with Gasteiger partial charge in [-0.15, -0.1) is 0 Å². The summed E-state index contributed by atoms with van der Waals surface area (Å²) in [5.41, 5.74) is 0.315. The first-order valence-corrected chi connectivity index (χ1v) is 9.39. The van der Waals surface area contributed by atoms with Crippen molar-refractivity contribution in [3.05, 3.63) is 64.9 Å². The zero-order chi connectivity index (χ0) is 21.6. The fraction of sp³-hybridized carbons (Fsp3) is 0.286. The van der Waals surface area contributed by atoms with E-state index in [-0.39, 0.29) is 11.5 Å². The fourth-order valence-corrected chi connectivity index (χ4v) is 2.57. The number of rotatable bonds is 7. The number of anilines is 1. The fourth-order valence-electron chi connectivity index (χ4n) is 2.44. The molecule has 0 fully saturated rings. The largest absolute Gasteiger partial charge is 0.451 e. The Bertz CT molecular complexity index is 887. The molecular formula is C21H22ClFN2O4. The normalized spacial score (nSPS) is 12.8. The second kappa shape index (κ2) is 10.0. The van der Waals surface area contributed by atoms with Crippen molar-refractivity contribution in [3.8, 4) is 0 Å². The predicted octanol–water partition coefficient (Wildman–Crippen LogP) is 3.80. The van der Waals surface area contributed by atoms with Gasteiger partial charge < -0.3 is 15.4 Å². The van der Waals surface area contributed by atoms with Crippen LogP contribution in [-0.2, 0) is 14.3 Å². The van der Waals surface area contributed by atoms with Crippen molar-refractivity contribution in [1.29, 1.82) is 0 Å². The molecule has 0 aliphatic carbocycles. The lowest BCUT2D eigenvalue weighted by molar-refractivity contribution is -0.156. The van der Waals surface area contributed by atoms with Crippen molar-refractivity contribution in [2.75, 3.05) is 5.32 Å². The number of benzene rings is 2. The van der Waals surface area contributed by atoms with Gasteiger partial charge in [0.2, 0.25) is 0 Å². The topological polar surface area (TPSA) is 84.5 Å². The molecular weight excluding hydrogens is 399 g/mol. The average molecular weight is 421 g/mol. The second-order valence-corrected chi connectivity index (χ2v) is 7.19. The summed E-state index contributed by atoms with van der Waals surface area (Å²) in [4.78, 5) is 37.1. The molecule has 6 nitrogen and oxygen atoms in total. The summed E-state index contributed by atoms with van der Waals surface area (Å²) in [6, 6.07) is 10.8. The molecule has 0 aromatic heterocycles. The lowest BCUT2D eigenvalue weighted by Gasteiger charge is -2.23. The Balaban J connectivity index is 2.01. The van der Waals surface area contributed by atoms with Crippen LogP contribution in [-0.4, -0.2) is 29.9 Å². The SMILES string of the molecule is CC(C)[C@H](NC(=O)c1ccccc1F)C(=O)O[C@@H](C)C(=O)Nc1ccc(Cl)cc1. The Morgan fingerprint density at radius 1 is 1.00 bits per heavy atom. The number of carbonyl (C=O) groups is 3. The first-order chi connectivity index (χ1) is 13.7. The van der Waals surface area contributed by atoms with Gasteiger partial charge in [0, 0.05) is 10.7 Å². The summed E-state index contributed by atoms with van der Waals surface area (Å²) in [5.74, 6) is -3.11. The highest BCUT2D eigenvalue weighted by Crippen LogP contribution is 2.15. The third kappa shape index (κ3) is 6.29. The summed E-state index contributed by atoms with van der Waals surface area (Å²) in [6.07, 6.45) is -1.11. The minimum absolute atomic E-state index is 0.181. The van der Waals surface area contributed by atoms with E-state index >= 15 is 0 Å². The summed E-state index contributed by atoms with van der Waals surface area (Å²) < 4.78 is 19.0. The van der Waals surface area contributed by atoms with Gasteiger partial charge in [-0.05, 0) is 49.2 Å². The van der Waals surface area contributed by atoms with Crippen LogP contribution in [0.2, 0.25) is 5.02 Å². The number of carbonyl (C=O) groups excluding carboxylic acids is 3. The smallest absolute Gasteiger partial charge is 0.329 e. The van der Waals surface area contributed by atoms with Gasteiger partial charge in [-0.25, -0.2) is 9.18 Å². The maximum Gasteiger partial charge on any atom is 0.329 e. The van der Waals surface area contributed by atoms with Gasteiger partial charge >= 0.3 is 5.97 Å². The van der Waals surface area contributed by atoms with Crippen molar-refractivity contribution in [2.45, 2.75) is 32.9 Å². The number of ether oxygens (including phenoxy) is 1. The van der Waals surface area contributed by atoms with Crippen LogP contribution in [0.15, 0.2) is 48.5 Å². The van der Waals surface area contributed by atoms with Crippen molar-refractivity contribution in [2.24, 2.45) is 5.92 Å². The van der Waals surface area contributed by atoms with Crippen LogP contribution >= 0.6 is 11.6 Å². The molecule has 0 heterocycles. The lowest BCUT2D eigenvalue weighted by atomic mass is 10.0. The van der Waals surface area contributed by atoms with Crippen LogP contribution in [0.5, 0.6) is 0 Å². The first-order valence-electron chi connectivity index (χ1n) is 9.01. The van der Waals surface area contributed by atoms with E-state index in [0.717, 1.165) is 6.07 Å². The van der Waals surface area contributed by atoms with E-state index in [9.17, 15) is 18.8 Å². The quantitative estimate of drug-likeness (QED) is 0.667. The highest BCUT2D eigenvalue weighted by Gasteiger charge is 2.29. The Kier molecular flexibility index (Phi) is 7.73. The van der Waals surface area contributed by atoms with Crippen molar-refractivity contribution < 1.29 is 23.5 Å². The van der Waals surface area contributed by atoms with Crippen molar-refractivity contribution in [3.63, 3.8) is 0 Å². The van der Waals surface area contributed by atoms with E-state index in [1.807, 2.05) is 0 Å². The van der Waals surface area contributed by atoms with Gasteiger partial charge in [0.15, 0.2) is 6.10 Å². The van der Waals surface area contributed by atoms with E-state index in [1.54, 1.807) is 38.1 Å². The summed E-state index contributed by atoms with van der Waals surface area (Å²) in [7, 11) is 0. The number of hydrogen-bond acceptors (Lipinski definition) is 4. The van der Waals surface area contributed by atoms with E-state index in [0.29, 0.717) is 10.7 Å². The van der Waals surface area contributed by atoms with Gasteiger partial charge in [-0.2, -0.15) is 0 Å². The van der Waals surface area contributed by atoms with Crippen LogP contribution in [0.25, 0.3) is 0 Å². The molecule has 2 atom stereocenters. The van der Waals surface area contributed by atoms with E-state index in [1.165, 1.54) is 25.1 Å². The summed E-state index contributed by atoms with van der Waals surface area (Å²) in [6.45, 7) is 4.82. The van der Waals surface area contributed by atoms with E-state index in [4.69, 9.17) is 16.3 Å². The molecule has 8 heteroatoms. The molecule has 154 valence electrons. The van der Waals surface area contributed by atoms with Gasteiger partial charge in [0.05, 0.1) is 5.56 Å². The van der Waals surface area contributed by atoms with Gasteiger partial charge in [-0.3, -0.25) is 9.59 Å². The van der Waals surface area contributed by atoms with Gasteiger partial charge in [0.25, 0.3) is 11.8 Å². The minimum Gasteiger partial charge on any atom is -0.451 e. The standard InChI is InChI=1S/C21H22ClFN2O4/c1-12(2)18(25-20(27)16-6-4-5-7-17(16)23)21(28)29-13(3)19(26)24-15-10-8-14(22)9-11-15/h4-13,18H,1-3H3,(H,24,26)(H,25,27)/t13-,18-/m0/s1. The van der Waals surface area contributed by atoms with E-state index < -0.39 is 35.7 Å². The Hall–Kier alpha value is -2.93. The van der Waals surface area contributed by atoms with Gasteiger partial charge in [0.1, 0.15) is 11.9 Å². The first kappa shape index (κ1) is 22.4. The molecule has 0 aliphatic rings. The summed E-state index contributed by atoms with van der Waals surface area (Å²) >= 11 is 5.80. The Labute approximate surface area is 173 Å². The number of hydrogen-bond donors (Lipinski definition) is 2. The molecule has 0 saturated heterocycles. The van der Waals surface area contributed by atoms with Crippen molar-refractivity contribution in [1.82, 2.24) is 5.32 Å². The van der Waals surface area contributed by atoms with Crippen LogP contribution in [0.1, 0.15) is 31.1 Å². The molecule has 0 aliphatic heterocycles. The molecule has 2 rings (SSSR count). The maximum absolute atomic E-state index is 13.8. The zero-order valence-corrected chi connectivity index (χ0v) is 17.0. The summed E-state index contributed by atoms with van der Waals surface area (Å²) in [5, 5.41) is 5.60. The van der Waals surface area contributed by atoms with Crippen LogP contribution < -0.4 is 10.6 Å². The number of esters is 1. The molecule has 2 N–H and O–H groups in total. The lowest BCUT2D eigenvalue weighted by Crippen LogP contribution is -2.47. The third-order valence-corrected chi connectivity index (χ3v) is 4.35. The predicted molar refractivity (Wildman–Crippen MR) is 108 cm³/mol. The molecule has 0 spiro atoms. The highest BCUT2D eigenvalue weighted by molar-refractivity contribution is 6.30. The second-order valence-electron chi connectivity index (χ2n) is 6.75.